The van der Waals surface area contributed by atoms with E-state index >= 15 is 0 Å². The van der Waals surface area contributed by atoms with Crippen molar-refractivity contribution in [3.63, 3.8) is 0 Å². The van der Waals surface area contributed by atoms with E-state index in [0.717, 1.165) is 28.1 Å². The van der Waals surface area contributed by atoms with Gasteiger partial charge in [-0.2, -0.15) is 0 Å². The summed E-state index contributed by atoms with van der Waals surface area (Å²) in [6.45, 7) is 3.48. The lowest BCUT2D eigenvalue weighted by atomic mass is 10.0. The molecule has 0 aliphatic rings. The van der Waals surface area contributed by atoms with Crippen LogP contribution in [0.25, 0.3) is 0 Å². The highest BCUT2D eigenvalue weighted by molar-refractivity contribution is 7.92. The first-order valence-corrected chi connectivity index (χ1v) is 15.3. The molecule has 0 spiro atoms. The molecular weight excluding hydrogens is 542 g/mol. The number of rotatable bonds is 14. The van der Waals surface area contributed by atoms with Gasteiger partial charge in [-0.25, -0.2) is 8.42 Å². The fourth-order valence-electron chi connectivity index (χ4n) is 4.37. The average Bonchev–Trinajstić information content (AvgIpc) is 2.97. The second-order valence-corrected chi connectivity index (χ2v) is 11.7. The minimum Gasteiger partial charge on any atom is -0.493 e. The summed E-state index contributed by atoms with van der Waals surface area (Å²) >= 11 is 0. The van der Waals surface area contributed by atoms with Crippen molar-refractivity contribution in [2.75, 3.05) is 31.3 Å². The van der Waals surface area contributed by atoms with Crippen LogP contribution in [0.2, 0.25) is 0 Å². The molecule has 0 heterocycles. The Balaban J connectivity index is 2.06. The number of nitrogens with one attached hydrogen (secondary N) is 1. The van der Waals surface area contributed by atoms with Gasteiger partial charge in [-0.15, -0.1) is 0 Å². The highest BCUT2D eigenvalue weighted by atomic mass is 32.2. The number of ether oxygens (including phenoxy) is 2. The van der Waals surface area contributed by atoms with Gasteiger partial charge in [-0.05, 0) is 36.6 Å². The van der Waals surface area contributed by atoms with Crippen molar-refractivity contribution in [3.05, 3.63) is 90.0 Å². The van der Waals surface area contributed by atoms with Gasteiger partial charge in [0.1, 0.15) is 12.6 Å². The van der Waals surface area contributed by atoms with E-state index in [1.54, 1.807) is 12.1 Å². The van der Waals surface area contributed by atoms with Crippen molar-refractivity contribution < 1.29 is 27.5 Å². The minimum absolute atomic E-state index is 0.103. The second-order valence-electron chi connectivity index (χ2n) is 9.84. The van der Waals surface area contributed by atoms with Crippen LogP contribution < -0.4 is 19.1 Å². The molecule has 0 bridgehead atoms. The van der Waals surface area contributed by atoms with Gasteiger partial charge in [0.05, 0.1) is 26.2 Å². The van der Waals surface area contributed by atoms with Gasteiger partial charge in [0.25, 0.3) is 0 Å². The Hall–Kier alpha value is -4.05. The molecule has 220 valence electrons. The fourth-order valence-corrected chi connectivity index (χ4v) is 5.21. The van der Waals surface area contributed by atoms with Crippen LogP contribution in [0.15, 0.2) is 78.9 Å². The van der Waals surface area contributed by atoms with Gasteiger partial charge < -0.3 is 19.7 Å². The van der Waals surface area contributed by atoms with Crippen LogP contribution in [-0.2, 0) is 32.6 Å². The van der Waals surface area contributed by atoms with Crippen LogP contribution in [-0.4, -0.2) is 64.2 Å². The molecule has 3 aromatic carbocycles. The van der Waals surface area contributed by atoms with Crippen LogP contribution in [0.1, 0.15) is 31.4 Å². The molecule has 10 heteroatoms. The average molecular weight is 582 g/mol. The molecule has 0 saturated carbocycles. The topological polar surface area (TPSA) is 105 Å². The number of carbonyl (C=O) groups is 2. The van der Waals surface area contributed by atoms with E-state index in [1.807, 2.05) is 74.5 Å². The van der Waals surface area contributed by atoms with Gasteiger partial charge >= 0.3 is 0 Å². The zero-order chi connectivity index (χ0) is 30.0. The molecule has 1 N–H and O–H groups in total. The van der Waals surface area contributed by atoms with Gasteiger partial charge in [-0.1, -0.05) is 67.6 Å². The summed E-state index contributed by atoms with van der Waals surface area (Å²) in [6, 6.07) is 22.4. The summed E-state index contributed by atoms with van der Waals surface area (Å²) in [4.78, 5) is 29.3. The van der Waals surface area contributed by atoms with Crippen molar-refractivity contribution in [2.24, 2.45) is 0 Å². The zero-order valence-electron chi connectivity index (χ0n) is 24.2. The largest absolute Gasteiger partial charge is 0.493 e. The minimum atomic E-state index is -3.90. The van der Waals surface area contributed by atoms with Crippen molar-refractivity contribution >= 4 is 27.5 Å². The van der Waals surface area contributed by atoms with E-state index in [0.29, 0.717) is 11.5 Å². The van der Waals surface area contributed by atoms with Gasteiger partial charge in [-0.3, -0.25) is 13.9 Å². The van der Waals surface area contributed by atoms with E-state index in [1.165, 1.54) is 25.2 Å². The monoisotopic (exact) mass is 581 g/mol. The molecule has 0 unspecified atom stereocenters. The predicted octanol–water partition coefficient (Wildman–Crippen LogP) is 4.02. The lowest BCUT2D eigenvalue weighted by molar-refractivity contribution is -0.140. The molecular formula is C31H39N3O6S. The summed E-state index contributed by atoms with van der Waals surface area (Å²) < 4.78 is 37.6. The van der Waals surface area contributed by atoms with E-state index in [-0.39, 0.29) is 30.6 Å². The summed E-state index contributed by atoms with van der Waals surface area (Å²) in [6.07, 6.45) is 2.02. The number of hydrogen-bond donors (Lipinski definition) is 1. The number of benzene rings is 3. The first-order valence-electron chi connectivity index (χ1n) is 13.4. The molecule has 0 fully saturated rings. The van der Waals surface area contributed by atoms with Crippen LogP contribution in [0.3, 0.4) is 0 Å². The van der Waals surface area contributed by atoms with Crippen LogP contribution in [0.4, 0.5) is 5.69 Å². The zero-order valence-corrected chi connectivity index (χ0v) is 25.1. The maximum absolute atomic E-state index is 14.1. The molecule has 0 saturated heterocycles. The summed E-state index contributed by atoms with van der Waals surface area (Å²) in [5.41, 5.74) is 1.93. The first kappa shape index (κ1) is 31.5. The number of hydrogen-bond acceptors (Lipinski definition) is 6. The van der Waals surface area contributed by atoms with Gasteiger partial charge in [0.15, 0.2) is 11.5 Å². The third-order valence-electron chi connectivity index (χ3n) is 6.80. The molecule has 2 atom stereocenters. The maximum Gasteiger partial charge on any atom is 0.244 e. The number of nitrogens with zero attached hydrogens (tertiary/aromatic N) is 2. The Morgan fingerprint density at radius 3 is 2.00 bits per heavy atom. The molecule has 0 aliphatic carbocycles. The summed E-state index contributed by atoms with van der Waals surface area (Å²) in [5.74, 6) is -0.0766. The lowest BCUT2D eigenvalue weighted by Gasteiger charge is -2.34. The molecule has 9 nitrogen and oxygen atoms in total. The van der Waals surface area contributed by atoms with Gasteiger partial charge in [0, 0.05) is 25.1 Å². The molecule has 2 amide bonds. The van der Waals surface area contributed by atoms with Crippen molar-refractivity contribution in [2.45, 2.75) is 45.3 Å². The molecule has 0 aromatic heterocycles. The van der Waals surface area contributed by atoms with E-state index in [9.17, 15) is 18.0 Å². The Morgan fingerprint density at radius 1 is 0.878 bits per heavy atom. The third kappa shape index (κ3) is 8.72. The third-order valence-corrected chi connectivity index (χ3v) is 7.94. The molecule has 3 rings (SSSR count). The predicted molar refractivity (Wildman–Crippen MR) is 161 cm³/mol. The molecule has 0 aliphatic heterocycles. The van der Waals surface area contributed by atoms with E-state index in [2.05, 4.69) is 5.32 Å². The Labute approximate surface area is 243 Å². The number of methoxy groups -OCH3 is 2. The number of amides is 2. The summed E-state index contributed by atoms with van der Waals surface area (Å²) in [7, 11) is -0.975. The summed E-state index contributed by atoms with van der Waals surface area (Å²) in [5, 5.41) is 3.02. The number of anilines is 1. The standard InChI is InChI=1S/C31H39N3O6S/c1-6-23(2)32-31(36)27(19-24-13-9-7-10-14-24)33(21-25-15-11-8-12-16-25)30(35)22-34(41(5,37)38)26-17-18-28(39-3)29(20-26)40-4/h7-18,20,23,27H,6,19,21-22H2,1-5H3,(H,32,36)/t23-,27+/m1/s1. The van der Waals surface area contributed by atoms with Crippen molar-refractivity contribution in [3.8, 4) is 11.5 Å². The van der Waals surface area contributed by atoms with Crippen LogP contribution in [0.5, 0.6) is 11.5 Å². The van der Waals surface area contributed by atoms with Crippen molar-refractivity contribution in [1.82, 2.24) is 10.2 Å². The first-order chi connectivity index (χ1) is 19.6. The molecule has 0 radical (unpaired) electrons. The fraction of sp³-hybridized carbons (Fsp3) is 0.355. The smallest absolute Gasteiger partial charge is 0.244 e. The lowest BCUT2D eigenvalue weighted by Crippen LogP contribution is -2.54. The highest BCUT2D eigenvalue weighted by Gasteiger charge is 2.33. The molecule has 41 heavy (non-hydrogen) atoms. The normalized spacial score (nSPS) is 12.6. The highest BCUT2D eigenvalue weighted by Crippen LogP contribution is 2.32. The SMILES string of the molecule is CC[C@@H](C)NC(=O)[C@H](Cc1ccccc1)N(Cc1ccccc1)C(=O)CN(c1ccc(OC)c(OC)c1)S(C)(=O)=O. The Bertz CT molecular complexity index is 1400. The number of carbonyl (C=O) groups excluding carboxylic acids is 2. The van der Waals surface area contributed by atoms with Crippen molar-refractivity contribution in [1.29, 1.82) is 0 Å². The van der Waals surface area contributed by atoms with Crippen LogP contribution >= 0.6 is 0 Å². The Kier molecular flexibility index (Phi) is 11.2. The van der Waals surface area contributed by atoms with Gasteiger partial charge in [0.2, 0.25) is 21.8 Å². The van der Waals surface area contributed by atoms with E-state index < -0.39 is 28.5 Å². The number of sulfonamides is 1. The molecule has 3 aromatic rings. The van der Waals surface area contributed by atoms with E-state index in [4.69, 9.17) is 9.47 Å². The second kappa shape index (κ2) is 14.5. The van der Waals surface area contributed by atoms with Crippen LogP contribution in [0, 0.1) is 0 Å². The quantitative estimate of drug-likeness (QED) is 0.308. The Morgan fingerprint density at radius 2 is 1.46 bits per heavy atom. The maximum atomic E-state index is 14.1.